The number of hydrogen-bond acceptors (Lipinski definition) is 4. The predicted molar refractivity (Wildman–Crippen MR) is 94.1 cm³/mol. The zero-order valence-corrected chi connectivity index (χ0v) is 14.5. The number of amides is 2. The maximum atomic E-state index is 12.5. The molecule has 0 saturated carbocycles. The van der Waals surface area contributed by atoms with Gasteiger partial charge >= 0.3 is 6.03 Å². The van der Waals surface area contributed by atoms with E-state index in [-0.39, 0.29) is 12.1 Å². The lowest BCUT2D eigenvalue weighted by Gasteiger charge is -2.26. The Labute approximate surface area is 147 Å². The van der Waals surface area contributed by atoms with Crippen LogP contribution in [-0.2, 0) is 6.42 Å². The molecule has 6 nitrogen and oxygen atoms in total. The second-order valence-corrected chi connectivity index (χ2v) is 6.54. The summed E-state index contributed by atoms with van der Waals surface area (Å²) in [6, 6.07) is 5.50. The summed E-state index contributed by atoms with van der Waals surface area (Å²) in [5.41, 5.74) is 2.33. The minimum atomic E-state index is -0.673. The average Bonchev–Trinajstić information content (AvgIpc) is 3.28. The first-order chi connectivity index (χ1) is 12.1. The predicted octanol–water partition coefficient (Wildman–Crippen LogP) is 2.82. The summed E-state index contributed by atoms with van der Waals surface area (Å²) in [4.78, 5) is 18.4. The summed E-state index contributed by atoms with van der Waals surface area (Å²) in [6.45, 7) is 3.35. The summed E-state index contributed by atoms with van der Waals surface area (Å²) >= 11 is 0. The molecule has 6 heteroatoms. The highest BCUT2D eigenvalue weighted by atomic mass is 16.4. The van der Waals surface area contributed by atoms with E-state index in [2.05, 4.69) is 10.3 Å². The van der Waals surface area contributed by atoms with Gasteiger partial charge in [0.05, 0.1) is 6.26 Å². The number of carbonyl (C=O) groups is 1. The van der Waals surface area contributed by atoms with Gasteiger partial charge in [0.25, 0.3) is 0 Å². The van der Waals surface area contributed by atoms with Crippen LogP contribution in [0.25, 0.3) is 0 Å². The number of pyridine rings is 1. The first kappa shape index (κ1) is 17.5. The molecule has 2 aromatic rings. The highest BCUT2D eigenvalue weighted by Crippen LogP contribution is 2.27. The second-order valence-electron chi connectivity index (χ2n) is 6.54. The fourth-order valence-corrected chi connectivity index (χ4v) is 3.39. The molecular weight excluding hydrogens is 318 g/mol. The van der Waals surface area contributed by atoms with E-state index in [4.69, 9.17) is 4.42 Å². The van der Waals surface area contributed by atoms with Crippen molar-refractivity contribution in [2.45, 2.75) is 44.8 Å². The standard InChI is InChI=1S/C19H25N3O3/c1-14-13-20-8-6-15(14)7-9-21-19(24)22-10-2-4-16(22)12-17(23)18-5-3-11-25-18/h3,5-6,8,11,13,16-17,23H,2,4,7,9-10,12H2,1H3,(H,21,24). The quantitative estimate of drug-likeness (QED) is 0.845. The Bertz CT molecular complexity index is 687. The lowest BCUT2D eigenvalue weighted by molar-refractivity contribution is 0.108. The van der Waals surface area contributed by atoms with Crippen LogP contribution in [-0.4, -0.2) is 40.2 Å². The van der Waals surface area contributed by atoms with E-state index in [1.807, 2.05) is 24.1 Å². The van der Waals surface area contributed by atoms with Crippen LogP contribution < -0.4 is 5.32 Å². The highest BCUT2D eigenvalue weighted by molar-refractivity contribution is 5.74. The molecular formula is C19H25N3O3. The summed E-state index contributed by atoms with van der Waals surface area (Å²) in [5.74, 6) is 0.556. The van der Waals surface area contributed by atoms with Crippen molar-refractivity contribution in [3.8, 4) is 0 Å². The lowest BCUT2D eigenvalue weighted by atomic mass is 10.1. The molecule has 2 unspecified atom stereocenters. The van der Waals surface area contributed by atoms with Crippen molar-refractivity contribution in [2.75, 3.05) is 13.1 Å². The summed E-state index contributed by atoms with van der Waals surface area (Å²) in [5, 5.41) is 13.3. The van der Waals surface area contributed by atoms with Crippen molar-refractivity contribution in [1.82, 2.24) is 15.2 Å². The Morgan fingerprint density at radius 3 is 3.16 bits per heavy atom. The number of aliphatic hydroxyl groups is 1. The monoisotopic (exact) mass is 343 g/mol. The SMILES string of the molecule is Cc1cnccc1CCNC(=O)N1CCCC1CC(O)c1ccco1. The fraction of sp³-hybridized carbons (Fsp3) is 0.474. The maximum absolute atomic E-state index is 12.5. The van der Waals surface area contributed by atoms with Gasteiger partial charge in [0.15, 0.2) is 0 Å². The number of rotatable bonds is 6. The van der Waals surface area contributed by atoms with Gasteiger partial charge in [0.1, 0.15) is 11.9 Å². The van der Waals surface area contributed by atoms with Crippen LogP contribution in [0.4, 0.5) is 4.79 Å². The normalized spacial score (nSPS) is 18.3. The van der Waals surface area contributed by atoms with Gasteiger partial charge in [0, 0.05) is 37.9 Å². The van der Waals surface area contributed by atoms with E-state index in [0.717, 1.165) is 31.4 Å². The van der Waals surface area contributed by atoms with Crippen molar-refractivity contribution >= 4 is 6.03 Å². The minimum absolute atomic E-state index is 0.0442. The molecule has 3 rings (SSSR count). The highest BCUT2D eigenvalue weighted by Gasteiger charge is 2.31. The number of aliphatic hydroxyl groups excluding tert-OH is 1. The molecule has 2 atom stereocenters. The van der Waals surface area contributed by atoms with Crippen molar-refractivity contribution in [2.24, 2.45) is 0 Å². The third-order valence-electron chi connectivity index (χ3n) is 4.81. The van der Waals surface area contributed by atoms with E-state index in [1.165, 1.54) is 5.56 Å². The number of nitrogens with zero attached hydrogens (tertiary/aromatic N) is 2. The molecule has 0 aromatic carbocycles. The van der Waals surface area contributed by atoms with E-state index in [0.29, 0.717) is 18.7 Å². The van der Waals surface area contributed by atoms with E-state index in [9.17, 15) is 9.90 Å². The van der Waals surface area contributed by atoms with Gasteiger partial charge in [-0.3, -0.25) is 4.98 Å². The van der Waals surface area contributed by atoms with Gasteiger partial charge in [-0.25, -0.2) is 4.79 Å². The Balaban J connectivity index is 1.49. The Hall–Kier alpha value is -2.34. The molecule has 2 aromatic heterocycles. The van der Waals surface area contributed by atoms with Gasteiger partial charge in [-0.1, -0.05) is 0 Å². The van der Waals surface area contributed by atoms with Gasteiger partial charge in [-0.05, 0) is 55.5 Å². The molecule has 1 aliphatic rings. The molecule has 0 aliphatic carbocycles. The number of carbonyl (C=O) groups excluding carboxylic acids is 1. The maximum Gasteiger partial charge on any atom is 0.317 e. The van der Waals surface area contributed by atoms with Gasteiger partial charge in [0.2, 0.25) is 0 Å². The van der Waals surface area contributed by atoms with Gasteiger partial charge in [-0.15, -0.1) is 0 Å². The van der Waals surface area contributed by atoms with Crippen LogP contribution in [0.5, 0.6) is 0 Å². The molecule has 0 spiro atoms. The van der Waals surface area contributed by atoms with Crippen molar-refractivity contribution in [1.29, 1.82) is 0 Å². The van der Waals surface area contributed by atoms with Gasteiger partial charge in [-0.2, -0.15) is 0 Å². The summed E-state index contributed by atoms with van der Waals surface area (Å²) in [7, 11) is 0. The number of furan rings is 1. The Morgan fingerprint density at radius 1 is 1.52 bits per heavy atom. The first-order valence-electron chi connectivity index (χ1n) is 8.80. The van der Waals surface area contributed by atoms with E-state index >= 15 is 0 Å². The minimum Gasteiger partial charge on any atom is -0.467 e. The molecule has 2 amide bonds. The van der Waals surface area contributed by atoms with Crippen LogP contribution >= 0.6 is 0 Å². The summed E-state index contributed by atoms with van der Waals surface area (Å²) in [6.07, 6.45) is 7.66. The third-order valence-corrected chi connectivity index (χ3v) is 4.81. The largest absolute Gasteiger partial charge is 0.467 e. The smallest absolute Gasteiger partial charge is 0.317 e. The number of aryl methyl sites for hydroxylation is 1. The van der Waals surface area contributed by atoms with Crippen LogP contribution in [0.1, 0.15) is 42.3 Å². The van der Waals surface area contributed by atoms with Crippen LogP contribution in [0.15, 0.2) is 41.3 Å². The van der Waals surface area contributed by atoms with Crippen molar-refractivity contribution in [3.05, 3.63) is 53.7 Å². The molecule has 1 saturated heterocycles. The zero-order chi connectivity index (χ0) is 17.6. The van der Waals surface area contributed by atoms with Crippen LogP contribution in [0.3, 0.4) is 0 Å². The molecule has 2 N–H and O–H groups in total. The lowest BCUT2D eigenvalue weighted by Crippen LogP contribution is -2.43. The Morgan fingerprint density at radius 2 is 2.40 bits per heavy atom. The van der Waals surface area contributed by atoms with E-state index < -0.39 is 6.10 Å². The van der Waals surface area contributed by atoms with Crippen LogP contribution in [0.2, 0.25) is 0 Å². The number of aromatic nitrogens is 1. The topological polar surface area (TPSA) is 78.6 Å². The molecule has 1 fully saturated rings. The summed E-state index contributed by atoms with van der Waals surface area (Å²) < 4.78 is 5.25. The number of likely N-dealkylation sites (tertiary alicyclic amines) is 1. The second kappa shape index (κ2) is 8.16. The average molecular weight is 343 g/mol. The molecule has 25 heavy (non-hydrogen) atoms. The fourth-order valence-electron chi connectivity index (χ4n) is 3.39. The number of nitrogens with one attached hydrogen (secondary N) is 1. The molecule has 0 radical (unpaired) electrons. The van der Waals surface area contributed by atoms with E-state index in [1.54, 1.807) is 24.6 Å². The van der Waals surface area contributed by atoms with Crippen molar-refractivity contribution in [3.63, 3.8) is 0 Å². The number of urea groups is 1. The zero-order valence-electron chi connectivity index (χ0n) is 14.5. The van der Waals surface area contributed by atoms with Crippen molar-refractivity contribution < 1.29 is 14.3 Å². The molecule has 3 heterocycles. The molecule has 1 aliphatic heterocycles. The van der Waals surface area contributed by atoms with Crippen LogP contribution in [0, 0.1) is 6.92 Å². The third kappa shape index (κ3) is 4.39. The number of hydrogen-bond donors (Lipinski definition) is 2. The Kier molecular flexibility index (Phi) is 5.71. The van der Waals surface area contributed by atoms with Gasteiger partial charge < -0.3 is 19.7 Å². The first-order valence-corrected chi connectivity index (χ1v) is 8.80. The molecule has 134 valence electrons. The molecule has 0 bridgehead atoms.